The topological polar surface area (TPSA) is 27.7 Å². The van der Waals surface area contributed by atoms with Gasteiger partial charge in [0, 0.05) is 11.4 Å². The SMILES string of the molecule is CC1(C)OB(C2CC=C3OCCCC3=C2F)OC1(C)C. The highest BCUT2D eigenvalue weighted by Crippen LogP contribution is 2.47. The molecule has 0 aromatic heterocycles. The highest BCUT2D eigenvalue weighted by molar-refractivity contribution is 6.48. The predicted octanol–water partition coefficient (Wildman–Crippen LogP) is 3.77. The third kappa shape index (κ3) is 2.11. The van der Waals surface area contributed by atoms with Crippen LogP contribution in [0.1, 0.15) is 47.0 Å². The molecule has 0 amide bonds. The average Bonchev–Trinajstić information content (AvgIpc) is 2.59. The van der Waals surface area contributed by atoms with E-state index in [9.17, 15) is 4.39 Å². The molecule has 0 N–H and O–H groups in total. The van der Waals surface area contributed by atoms with Crippen LogP contribution in [0.5, 0.6) is 0 Å². The Kier molecular flexibility index (Phi) is 3.25. The summed E-state index contributed by atoms with van der Waals surface area (Å²) in [6.07, 6.45) is 4.17. The van der Waals surface area contributed by atoms with Crippen LogP contribution in [-0.2, 0) is 14.0 Å². The first-order valence-electron chi connectivity index (χ1n) is 7.39. The molecule has 20 heavy (non-hydrogen) atoms. The van der Waals surface area contributed by atoms with Crippen LogP contribution in [0.4, 0.5) is 4.39 Å². The highest BCUT2D eigenvalue weighted by atomic mass is 19.1. The molecular formula is C15H22BFO3. The van der Waals surface area contributed by atoms with Crippen LogP contribution in [0.2, 0.25) is 5.82 Å². The highest BCUT2D eigenvalue weighted by Gasteiger charge is 2.55. The number of hydrogen-bond acceptors (Lipinski definition) is 3. The molecule has 0 aromatic rings. The number of ether oxygens (including phenoxy) is 1. The van der Waals surface area contributed by atoms with Gasteiger partial charge in [0.15, 0.2) is 0 Å². The molecule has 0 spiro atoms. The summed E-state index contributed by atoms with van der Waals surface area (Å²) in [7, 11) is -0.521. The summed E-state index contributed by atoms with van der Waals surface area (Å²) < 4.78 is 32.2. The molecule has 2 heterocycles. The Bertz CT molecular complexity index is 466. The molecule has 0 bridgehead atoms. The average molecular weight is 280 g/mol. The number of fused-ring (bicyclic) bond motifs is 1. The van der Waals surface area contributed by atoms with E-state index in [1.54, 1.807) is 0 Å². The third-order valence-corrected chi connectivity index (χ3v) is 4.90. The molecule has 3 rings (SSSR count). The molecule has 0 radical (unpaired) electrons. The van der Waals surface area contributed by atoms with E-state index in [2.05, 4.69) is 0 Å². The van der Waals surface area contributed by atoms with Gasteiger partial charge in [0.25, 0.3) is 0 Å². The van der Waals surface area contributed by atoms with Gasteiger partial charge in [-0.2, -0.15) is 0 Å². The van der Waals surface area contributed by atoms with Crippen molar-refractivity contribution in [2.24, 2.45) is 0 Å². The van der Waals surface area contributed by atoms with Crippen LogP contribution in [-0.4, -0.2) is 24.9 Å². The Morgan fingerprint density at radius 3 is 2.50 bits per heavy atom. The van der Waals surface area contributed by atoms with Crippen molar-refractivity contribution >= 4 is 7.12 Å². The van der Waals surface area contributed by atoms with Gasteiger partial charge in [-0.1, -0.05) is 0 Å². The summed E-state index contributed by atoms with van der Waals surface area (Å²) in [5.41, 5.74) is -0.132. The number of hydrogen-bond donors (Lipinski definition) is 0. The molecule has 2 aliphatic heterocycles. The number of allylic oxidation sites excluding steroid dienone is 3. The first-order valence-corrected chi connectivity index (χ1v) is 7.39. The van der Waals surface area contributed by atoms with Gasteiger partial charge in [-0.05, 0) is 53.0 Å². The molecule has 1 aliphatic carbocycles. The van der Waals surface area contributed by atoms with E-state index in [0.717, 1.165) is 18.6 Å². The third-order valence-electron chi connectivity index (χ3n) is 4.90. The van der Waals surface area contributed by atoms with Crippen molar-refractivity contribution in [3.8, 4) is 0 Å². The van der Waals surface area contributed by atoms with Crippen LogP contribution in [0.3, 0.4) is 0 Å². The smallest absolute Gasteiger partial charge is 0.468 e. The van der Waals surface area contributed by atoms with Crippen LogP contribution in [0.25, 0.3) is 0 Å². The van der Waals surface area contributed by atoms with Gasteiger partial charge in [0.2, 0.25) is 0 Å². The zero-order valence-electron chi connectivity index (χ0n) is 12.7. The molecule has 3 nitrogen and oxygen atoms in total. The summed E-state index contributed by atoms with van der Waals surface area (Å²) in [4.78, 5) is 0. The van der Waals surface area contributed by atoms with Gasteiger partial charge in [-0.3, -0.25) is 0 Å². The van der Waals surface area contributed by atoms with Crippen LogP contribution < -0.4 is 0 Å². The van der Waals surface area contributed by atoms with Gasteiger partial charge in [0.05, 0.1) is 17.8 Å². The van der Waals surface area contributed by atoms with Gasteiger partial charge in [-0.25, -0.2) is 4.39 Å². The van der Waals surface area contributed by atoms with E-state index >= 15 is 0 Å². The van der Waals surface area contributed by atoms with Gasteiger partial charge < -0.3 is 14.0 Å². The van der Waals surface area contributed by atoms with Gasteiger partial charge in [0.1, 0.15) is 11.6 Å². The van der Waals surface area contributed by atoms with Gasteiger partial charge >= 0.3 is 7.12 Å². The standard InChI is InChI=1S/C15H22BFO3/c1-14(2)15(3,4)20-16(19-14)11-7-8-12-10(13(11)17)6-5-9-18-12/h8,11H,5-7,9H2,1-4H3. The lowest BCUT2D eigenvalue weighted by Gasteiger charge is -2.32. The van der Waals surface area contributed by atoms with E-state index in [1.807, 2.05) is 33.8 Å². The monoisotopic (exact) mass is 280 g/mol. The normalized spacial score (nSPS) is 31.8. The Morgan fingerprint density at radius 2 is 1.85 bits per heavy atom. The molecule has 1 unspecified atom stereocenters. The van der Waals surface area contributed by atoms with Crippen molar-refractivity contribution in [3.63, 3.8) is 0 Å². The Hall–Kier alpha value is -0.805. The maximum atomic E-state index is 14.7. The molecular weight excluding hydrogens is 258 g/mol. The van der Waals surface area contributed by atoms with Crippen molar-refractivity contribution in [1.29, 1.82) is 0 Å². The van der Waals surface area contributed by atoms with Gasteiger partial charge in [-0.15, -0.1) is 0 Å². The first-order chi connectivity index (χ1) is 9.32. The Labute approximate surface area is 120 Å². The maximum absolute atomic E-state index is 14.7. The molecule has 1 atom stereocenters. The van der Waals surface area contributed by atoms with Crippen molar-refractivity contribution in [3.05, 3.63) is 23.2 Å². The van der Waals surface area contributed by atoms with E-state index in [0.29, 0.717) is 18.6 Å². The van der Waals surface area contributed by atoms with E-state index in [1.165, 1.54) is 0 Å². The zero-order chi connectivity index (χ0) is 14.5. The summed E-state index contributed by atoms with van der Waals surface area (Å²) in [5, 5.41) is 0. The van der Waals surface area contributed by atoms with Crippen molar-refractivity contribution in [1.82, 2.24) is 0 Å². The Morgan fingerprint density at radius 1 is 1.20 bits per heavy atom. The van der Waals surface area contributed by atoms with E-state index in [4.69, 9.17) is 14.0 Å². The fourth-order valence-electron chi connectivity index (χ4n) is 2.91. The molecule has 110 valence electrons. The molecule has 3 aliphatic rings. The van der Waals surface area contributed by atoms with Crippen LogP contribution in [0.15, 0.2) is 23.2 Å². The van der Waals surface area contributed by atoms with E-state index in [-0.39, 0.29) is 11.6 Å². The second kappa shape index (κ2) is 4.60. The Balaban J connectivity index is 1.84. The summed E-state index contributed by atoms with van der Waals surface area (Å²) in [6, 6.07) is 0. The van der Waals surface area contributed by atoms with Crippen molar-refractivity contribution in [2.75, 3.05) is 6.61 Å². The lowest BCUT2D eigenvalue weighted by molar-refractivity contribution is 0.00578. The van der Waals surface area contributed by atoms with E-state index < -0.39 is 18.3 Å². The fraction of sp³-hybridized carbons (Fsp3) is 0.733. The predicted molar refractivity (Wildman–Crippen MR) is 75.9 cm³/mol. The maximum Gasteiger partial charge on any atom is 0.468 e. The summed E-state index contributed by atoms with van der Waals surface area (Å²) >= 11 is 0. The summed E-state index contributed by atoms with van der Waals surface area (Å²) in [5.74, 6) is 0.263. The number of rotatable bonds is 1. The number of halogens is 1. The fourth-order valence-corrected chi connectivity index (χ4v) is 2.91. The quantitative estimate of drug-likeness (QED) is 0.684. The van der Waals surface area contributed by atoms with Crippen molar-refractivity contribution in [2.45, 2.75) is 64.0 Å². The molecule has 0 saturated carbocycles. The van der Waals surface area contributed by atoms with Crippen LogP contribution in [0, 0.1) is 0 Å². The second-order valence-corrected chi connectivity index (χ2v) is 6.81. The minimum absolute atomic E-state index is 0.110. The van der Waals surface area contributed by atoms with Crippen LogP contribution >= 0.6 is 0 Å². The molecule has 2 fully saturated rings. The summed E-state index contributed by atoms with van der Waals surface area (Å²) in [6.45, 7) is 8.65. The zero-order valence-corrected chi connectivity index (χ0v) is 12.7. The lowest BCUT2D eigenvalue weighted by atomic mass is 9.66. The first kappa shape index (κ1) is 14.1. The van der Waals surface area contributed by atoms with Crippen molar-refractivity contribution < 1.29 is 18.4 Å². The molecule has 5 heteroatoms. The largest absolute Gasteiger partial charge is 0.494 e. The lowest BCUT2D eigenvalue weighted by Crippen LogP contribution is -2.41. The molecule has 2 saturated heterocycles. The second-order valence-electron chi connectivity index (χ2n) is 6.81. The minimum atomic E-state index is -0.521. The minimum Gasteiger partial charge on any atom is -0.494 e. The molecule has 0 aromatic carbocycles.